The number of nitrogens with one attached hydrogen (secondary N) is 1. The Balaban J connectivity index is 1.41. The van der Waals surface area contributed by atoms with Crippen LogP contribution in [0.2, 0.25) is 5.02 Å². The summed E-state index contributed by atoms with van der Waals surface area (Å²) in [5.41, 5.74) is -1.07. The van der Waals surface area contributed by atoms with E-state index in [1.54, 1.807) is 18.3 Å². The van der Waals surface area contributed by atoms with Crippen LogP contribution in [0, 0.1) is 29.4 Å². The average Bonchev–Trinajstić information content (AvgIpc) is 3.03. The largest absolute Gasteiger partial charge is 0.386 e. The van der Waals surface area contributed by atoms with Crippen LogP contribution in [0.1, 0.15) is 48.2 Å². The van der Waals surface area contributed by atoms with E-state index in [-0.39, 0.29) is 39.9 Å². The van der Waals surface area contributed by atoms with Crippen molar-refractivity contribution in [3.05, 3.63) is 88.7 Å². The molecule has 2 saturated carbocycles. The second kappa shape index (κ2) is 10.2. The minimum Gasteiger partial charge on any atom is -0.386 e. The first-order valence-electron chi connectivity index (χ1n) is 12.5. The fourth-order valence-electron chi connectivity index (χ4n) is 6.27. The Hall–Kier alpha value is -2.92. The standard InChI is InChI=1S/C28H27ClF2N2O5S/c1-15-9-18-11-20(13-21(15)28(18,36)26(34)17-3-2-8-32-14-17)39(37,38)25-10-16(4-6-22(25)29)27(35)33-19-5-7-23(30)24(31)12-19/h2-8,10,12,14-15,18,20-21,26,34,36H,9,11,13H2,1H3,(H,33,35)/t15-,18?,20+,21?,26+,28+/m0/s1. The maximum atomic E-state index is 13.8. The second-order valence-electron chi connectivity index (χ2n) is 10.5. The zero-order valence-electron chi connectivity index (χ0n) is 20.9. The number of sulfone groups is 1. The molecule has 2 bridgehead atoms. The Morgan fingerprint density at radius 1 is 1.13 bits per heavy atom. The first-order valence-corrected chi connectivity index (χ1v) is 14.5. The fourth-order valence-corrected chi connectivity index (χ4v) is 8.64. The molecule has 1 amide bonds. The van der Waals surface area contributed by atoms with Crippen LogP contribution in [0.25, 0.3) is 0 Å². The van der Waals surface area contributed by atoms with Crippen LogP contribution in [-0.2, 0) is 9.84 Å². The molecular formula is C28H27ClF2N2O5S. The number of carbonyl (C=O) groups excluding carboxylic acids is 1. The molecule has 1 aromatic heterocycles. The van der Waals surface area contributed by atoms with Crippen molar-refractivity contribution in [3.63, 3.8) is 0 Å². The van der Waals surface area contributed by atoms with Crippen molar-refractivity contribution in [1.29, 1.82) is 0 Å². The van der Waals surface area contributed by atoms with Crippen molar-refractivity contribution in [2.45, 2.75) is 48.0 Å². The van der Waals surface area contributed by atoms with Crippen molar-refractivity contribution in [1.82, 2.24) is 4.98 Å². The van der Waals surface area contributed by atoms with E-state index in [1.807, 2.05) is 6.92 Å². The SMILES string of the molecule is C[C@H]1CC2C[C@@H](S(=O)(=O)c3cc(C(=O)Nc4ccc(F)c(F)c4)ccc3Cl)CC1[C@@]2(O)[C@H](O)c1cccnc1. The van der Waals surface area contributed by atoms with E-state index in [1.165, 1.54) is 30.5 Å². The summed E-state index contributed by atoms with van der Waals surface area (Å²) in [5, 5.41) is 24.4. The van der Waals surface area contributed by atoms with Gasteiger partial charge < -0.3 is 15.5 Å². The van der Waals surface area contributed by atoms with Gasteiger partial charge in [-0.05, 0) is 73.4 Å². The van der Waals surface area contributed by atoms with Crippen molar-refractivity contribution in [2.75, 3.05) is 5.32 Å². The van der Waals surface area contributed by atoms with Crippen LogP contribution in [0.15, 0.2) is 65.8 Å². The monoisotopic (exact) mass is 576 g/mol. The molecule has 0 spiro atoms. The van der Waals surface area contributed by atoms with E-state index >= 15 is 0 Å². The van der Waals surface area contributed by atoms with E-state index in [0.29, 0.717) is 12.0 Å². The summed E-state index contributed by atoms with van der Waals surface area (Å²) < 4.78 is 54.5. The molecule has 2 aliphatic rings. The fraction of sp³-hybridized carbons (Fsp3) is 0.357. The molecule has 2 aliphatic carbocycles. The molecule has 0 radical (unpaired) electrons. The highest BCUT2D eigenvalue weighted by Crippen LogP contribution is 2.58. The number of pyridine rings is 1. The smallest absolute Gasteiger partial charge is 0.255 e. The van der Waals surface area contributed by atoms with E-state index in [9.17, 15) is 32.2 Å². The van der Waals surface area contributed by atoms with E-state index in [0.717, 1.165) is 12.1 Å². The van der Waals surface area contributed by atoms with E-state index in [2.05, 4.69) is 10.3 Å². The maximum Gasteiger partial charge on any atom is 0.255 e. The lowest BCUT2D eigenvalue weighted by atomic mass is 9.69. The molecule has 11 heteroatoms. The molecule has 6 atom stereocenters. The van der Waals surface area contributed by atoms with Gasteiger partial charge in [-0.1, -0.05) is 24.6 Å². The number of hydrogen-bond acceptors (Lipinski definition) is 6. The van der Waals surface area contributed by atoms with Gasteiger partial charge in [0.1, 0.15) is 11.7 Å². The second-order valence-corrected chi connectivity index (χ2v) is 13.1. The number of anilines is 1. The highest BCUT2D eigenvalue weighted by atomic mass is 35.5. The predicted octanol–water partition coefficient (Wildman–Crippen LogP) is 4.94. The molecule has 7 nitrogen and oxygen atoms in total. The molecule has 39 heavy (non-hydrogen) atoms. The summed E-state index contributed by atoms with van der Waals surface area (Å²) in [4.78, 5) is 16.6. The third kappa shape index (κ3) is 4.84. The number of carbonyl (C=O) groups is 1. The van der Waals surface area contributed by atoms with Crippen LogP contribution in [-0.4, -0.2) is 40.4 Å². The summed E-state index contributed by atoms with van der Waals surface area (Å²) in [6, 6.07) is 10.0. The highest BCUT2D eigenvalue weighted by Gasteiger charge is 2.61. The summed E-state index contributed by atoms with van der Waals surface area (Å²) in [6.45, 7) is 1.94. The summed E-state index contributed by atoms with van der Waals surface area (Å²) >= 11 is 6.31. The van der Waals surface area contributed by atoms with Crippen LogP contribution in [0.3, 0.4) is 0 Å². The number of amides is 1. The van der Waals surface area contributed by atoms with Crippen LogP contribution >= 0.6 is 11.6 Å². The third-order valence-corrected chi connectivity index (χ3v) is 10.9. The first-order chi connectivity index (χ1) is 18.4. The van der Waals surface area contributed by atoms with Gasteiger partial charge in [0.15, 0.2) is 21.5 Å². The Kier molecular flexibility index (Phi) is 7.26. The van der Waals surface area contributed by atoms with Gasteiger partial charge in [0.2, 0.25) is 0 Å². The Bertz CT molecular complexity index is 1520. The quantitative estimate of drug-likeness (QED) is 0.383. The van der Waals surface area contributed by atoms with Gasteiger partial charge in [-0.2, -0.15) is 0 Å². The number of halogens is 3. The summed E-state index contributed by atoms with van der Waals surface area (Å²) in [6.07, 6.45) is 2.60. The zero-order chi connectivity index (χ0) is 28.1. The molecule has 5 rings (SSSR count). The van der Waals surface area contributed by atoms with Crippen LogP contribution in [0.4, 0.5) is 14.5 Å². The number of aromatic nitrogens is 1. The maximum absolute atomic E-state index is 13.8. The molecule has 2 aromatic carbocycles. The van der Waals surface area contributed by atoms with Gasteiger partial charge in [-0.15, -0.1) is 0 Å². The third-order valence-electron chi connectivity index (χ3n) is 8.21. The van der Waals surface area contributed by atoms with Gasteiger partial charge >= 0.3 is 0 Å². The summed E-state index contributed by atoms with van der Waals surface area (Å²) in [7, 11) is -4.05. The minimum absolute atomic E-state index is 0.00237. The minimum atomic E-state index is -4.05. The Morgan fingerprint density at radius 2 is 1.90 bits per heavy atom. The van der Waals surface area contributed by atoms with Crippen molar-refractivity contribution >= 4 is 33.0 Å². The molecular weight excluding hydrogens is 550 g/mol. The normalized spacial score (nSPS) is 27.2. The molecule has 2 fully saturated rings. The summed E-state index contributed by atoms with van der Waals surface area (Å²) in [5.74, 6) is -3.94. The molecule has 0 saturated heterocycles. The number of fused-ring (bicyclic) bond motifs is 2. The van der Waals surface area contributed by atoms with Gasteiger partial charge in [0.05, 0.1) is 15.2 Å². The molecule has 3 N–H and O–H groups in total. The Morgan fingerprint density at radius 3 is 2.56 bits per heavy atom. The van der Waals surface area contributed by atoms with Crippen LogP contribution in [0.5, 0.6) is 0 Å². The molecule has 3 aromatic rings. The lowest BCUT2D eigenvalue weighted by Gasteiger charge is -2.45. The highest BCUT2D eigenvalue weighted by molar-refractivity contribution is 7.92. The molecule has 206 valence electrons. The lowest BCUT2D eigenvalue weighted by Crippen LogP contribution is -2.52. The molecule has 0 aliphatic heterocycles. The zero-order valence-corrected chi connectivity index (χ0v) is 22.5. The van der Waals surface area contributed by atoms with Gasteiger partial charge in [0, 0.05) is 35.3 Å². The van der Waals surface area contributed by atoms with Gasteiger partial charge in [0.25, 0.3) is 5.91 Å². The van der Waals surface area contributed by atoms with Crippen LogP contribution < -0.4 is 5.32 Å². The molecule has 1 heterocycles. The number of aliphatic hydroxyl groups excluding tert-OH is 1. The number of hydrogen-bond donors (Lipinski definition) is 3. The Labute approximate surface area is 229 Å². The van der Waals surface area contributed by atoms with Gasteiger partial charge in [-0.3, -0.25) is 9.78 Å². The predicted molar refractivity (Wildman–Crippen MR) is 141 cm³/mol. The molecule has 2 unspecified atom stereocenters. The lowest BCUT2D eigenvalue weighted by molar-refractivity contribution is -0.148. The first kappa shape index (κ1) is 27.6. The van der Waals surface area contributed by atoms with Crippen molar-refractivity contribution < 1.29 is 32.2 Å². The average molecular weight is 577 g/mol. The number of benzene rings is 2. The van der Waals surface area contributed by atoms with E-state index in [4.69, 9.17) is 11.6 Å². The van der Waals surface area contributed by atoms with Crippen molar-refractivity contribution in [2.24, 2.45) is 17.8 Å². The van der Waals surface area contributed by atoms with E-state index < -0.39 is 56.2 Å². The number of nitrogens with zero attached hydrogens (tertiary/aromatic N) is 1. The number of rotatable bonds is 6. The topological polar surface area (TPSA) is 117 Å². The van der Waals surface area contributed by atoms with Crippen molar-refractivity contribution in [3.8, 4) is 0 Å². The number of aliphatic hydroxyl groups is 2. The van der Waals surface area contributed by atoms with Gasteiger partial charge in [-0.25, -0.2) is 17.2 Å².